The summed E-state index contributed by atoms with van der Waals surface area (Å²) in [6, 6.07) is 67.5. The molecule has 0 fully saturated rings. The lowest BCUT2D eigenvalue weighted by Crippen LogP contribution is -2.01. The van der Waals surface area contributed by atoms with E-state index >= 15 is 0 Å². The maximum atomic E-state index is 6.24. The number of aromatic nitrogens is 4. The lowest BCUT2D eigenvalue weighted by Gasteiger charge is -2.13. The minimum atomic E-state index is 0.634. The quantitative estimate of drug-likeness (QED) is 0.172. The second-order valence-electron chi connectivity index (χ2n) is 14.0. The number of benzene rings is 8. The van der Waals surface area contributed by atoms with Gasteiger partial charge < -0.3 is 8.98 Å². The van der Waals surface area contributed by atoms with Crippen LogP contribution in [0.4, 0.5) is 0 Å². The Kier molecular flexibility index (Phi) is 7.42. The largest absolute Gasteiger partial charge is 0.456 e. The highest BCUT2D eigenvalue weighted by atomic mass is 16.3. The molecule has 5 nitrogen and oxygen atoms in total. The number of nitrogens with zero attached hydrogens (tertiary/aromatic N) is 4. The fourth-order valence-corrected chi connectivity index (χ4v) is 7.99. The predicted molar refractivity (Wildman–Crippen MR) is 229 cm³/mol. The van der Waals surface area contributed by atoms with E-state index in [4.69, 9.17) is 19.4 Å². The second-order valence-corrected chi connectivity index (χ2v) is 14.0. The van der Waals surface area contributed by atoms with Crippen molar-refractivity contribution in [3.63, 3.8) is 0 Å². The molecular formula is C51H32N4O. The van der Waals surface area contributed by atoms with Crippen LogP contribution in [0, 0.1) is 0 Å². The maximum absolute atomic E-state index is 6.24. The van der Waals surface area contributed by atoms with E-state index in [1.807, 2.05) is 78.9 Å². The molecule has 0 spiro atoms. The average molecular weight is 717 g/mol. The van der Waals surface area contributed by atoms with Gasteiger partial charge in [0.1, 0.15) is 11.2 Å². The SMILES string of the molecule is c1ccc(-c2nc(-c3ccccc3)nc(-c3ccccc3-c3ccc(-n4c5ccccc5c5cc(-c6ccc7c(c6)oc6ccccc67)ccc54)cc3)n2)cc1. The van der Waals surface area contributed by atoms with Gasteiger partial charge in [0, 0.05) is 43.9 Å². The molecule has 0 radical (unpaired) electrons. The third kappa shape index (κ3) is 5.37. The molecule has 0 aliphatic carbocycles. The molecule has 0 aliphatic heterocycles. The highest BCUT2D eigenvalue weighted by Gasteiger charge is 2.18. The minimum absolute atomic E-state index is 0.634. The van der Waals surface area contributed by atoms with Crippen LogP contribution in [0.1, 0.15) is 0 Å². The number of fused-ring (bicyclic) bond motifs is 6. The Hall–Kier alpha value is -7.63. The zero-order chi connectivity index (χ0) is 37.0. The second kappa shape index (κ2) is 13.0. The summed E-state index contributed by atoms with van der Waals surface area (Å²) in [5.41, 5.74) is 12.5. The molecule has 3 heterocycles. The Labute approximate surface area is 322 Å². The Bertz CT molecular complexity index is 3180. The lowest BCUT2D eigenvalue weighted by atomic mass is 9.98. The average Bonchev–Trinajstić information content (AvgIpc) is 3.82. The van der Waals surface area contributed by atoms with Crippen molar-refractivity contribution >= 4 is 43.7 Å². The Morgan fingerprint density at radius 1 is 0.321 bits per heavy atom. The Morgan fingerprint density at radius 3 is 1.61 bits per heavy atom. The third-order valence-electron chi connectivity index (χ3n) is 10.7. The fourth-order valence-electron chi connectivity index (χ4n) is 7.99. The van der Waals surface area contributed by atoms with Crippen LogP contribution in [-0.4, -0.2) is 19.5 Å². The normalized spacial score (nSPS) is 11.6. The van der Waals surface area contributed by atoms with E-state index in [9.17, 15) is 0 Å². The highest BCUT2D eigenvalue weighted by molar-refractivity contribution is 6.11. The van der Waals surface area contributed by atoms with E-state index in [-0.39, 0.29) is 0 Å². The summed E-state index contributed by atoms with van der Waals surface area (Å²) in [5.74, 6) is 1.92. The molecule has 0 unspecified atom stereocenters. The van der Waals surface area contributed by atoms with Gasteiger partial charge >= 0.3 is 0 Å². The molecule has 262 valence electrons. The minimum Gasteiger partial charge on any atom is -0.456 e. The van der Waals surface area contributed by atoms with E-state index in [1.165, 1.54) is 10.8 Å². The highest BCUT2D eigenvalue weighted by Crippen LogP contribution is 2.38. The standard InChI is InChI=1S/C51H32N4O/c1-3-13-34(14-4-1)49-52-50(35-15-5-2-6-16-35)54-51(53-49)43-20-8-7-17-39(43)33-23-27-38(28-24-33)55-45-21-11-9-18-40(45)44-31-36(26-30-46(44)55)37-25-29-42-41-19-10-12-22-47(41)56-48(42)32-37/h1-32H. The van der Waals surface area contributed by atoms with Gasteiger partial charge in [0.05, 0.1) is 11.0 Å². The van der Waals surface area contributed by atoms with Crippen LogP contribution in [0.15, 0.2) is 199 Å². The molecule has 56 heavy (non-hydrogen) atoms. The molecule has 11 rings (SSSR count). The first-order valence-corrected chi connectivity index (χ1v) is 18.8. The summed E-state index contributed by atoms with van der Waals surface area (Å²) in [6.45, 7) is 0. The van der Waals surface area contributed by atoms with Crippen molar-refractivity contribution in [3.05, 3.63) is 194 Å². The van der Waals surface area contributed by atoms with Crippen molar-refractivity contribution in [1.29, 1.82) is 0 Å². The molecule has 0 amide bonds. The van der Waals surface area contributed by atoms with Crippen molar-refractivity contribution in [2.75, 3.05) is 0 Å². The third-order valence-corrected chi connectivity index (χ3v) is 10.7. The predicted octanol–water partition coefficient (Wildman–Crippen LogP) is 13.2. The molecule has 8 aromatic carbocycles. The van der Waals surface area contributed by atoms with Gasteiger partial charge in [0.15, 0.2) is 17.5 Å². The van der Waals surface area contributed by atoms with Gasteiger partial charge in [-0.2, -0.15) is 0 Å². The van der Waals surface area contributed by atoms with Crippen molar-refractivity contribution < 1.29 is 4.42 Å². The molecule has 0 bridgehead atoms. The molecule has 0 saturated heterocycles. The molecule has 0 saturated carbocycles. The molecule has 3 aromatic heterocycles. The summed E-state index contributed by atoms with van der Waals surface area (Å²) in [4.78, 5) is 15.0. The Morgan fingerprint density at radius 2 is 0.857 bits per heavy atom. The van der Waals surface area contributed by atoms with Gasteiger partial charge in [-0.1, -0.05) is 146 Å². The first-order chi connectivity index (χ1) is 27.7. The van der Waals surface area contributed by atoms with E-state index in [0.717, 1.165) is 77.6 Å². The van der Waals surface area contributed by atoms with E-state index < -0.39 is 0 Å². The molecular weight excluding hydrogens is 685 g/mol. The van der Waals surface area contributed by atoms with Gasteiger partial charge in [0.25, 0.3) is 0 Å². The van der Waals surface area contributed by atoms with E-state index in [1.54, 1.807) is 0 Å². The smallest absolute Gasteiger partial charge is 0.164 e. The van der Waals surface area contributed by atoms with Gasteiger partial charge in [-0.25, -0.2) is 15.0 Å². The van der Waals surface area contributed by atoms with Crippen LogP contribution < -0.4 is 0 Å². The van der Waals surface area contributed by atoms with Gasteiger partial charge in [-0.15, -0.1) is 0 Å². The first-order valence-electron chi connectivity index (χ1n) is 18.8. The van der Waals surface area contributed by atoms with Gasteiger partial charge in [-0.3, -0.25) is 0 Å². The topological polar surface area (TPSA) is 56.7 Å². The number of hydrogen-bond donors (Lipinski definition) is 0. The van der Waals surface area contributed by atoms with E-state index in [0.29, 0.717) is 17.5 Å². The van der Waals surface area contributed by atoms with E-state index in [2.05, 4.69) is 120 Å². The summed E-state index contributed by atoms with van der Waals surface area (Å²) >= 11 is 0. The summed E-state index contributed by atoms with van der Waals surface area (Å²) in [6.07, 6.45) is 0. The van der Waals surface area contributed by atoms with Crippen molar-refractivity contribution in [2.24, 2.45) is 0 Å². The number of para-hydroxylation sites is 2. The number of rotatable bonds is 6. The van der Waals surface area contributed by atoms with Gasteiger partial charge in [-0.05, 0) is 70.8 Å². The monoisotopic (exact) mass is 716 g/mol. The number of hydrogen-bond acceptors (Lipinski definition) is 4. The molecule has 0 aliphatic rings. The van der Waals surface area contributed by atoms with Crippen molar-refractivity contribution in [1.82, 2.24) is 19.5 Å². The zero-order valence-electron chi connectivity index (χ0n) is 30.2. The molecule has 5 heteroatoms. The summed E-state index contributed by atoms with van der Waals surface area (Å²) < 4.78 is 8.60. The van der Waals surface area contributed by atoms with Crippen LogP contribution in [0.2, 0.25) is 0 Å². The molecule has 11 aromatic rings. The van der Waals surface area contributed by atoms with Crippen molar-refractivity contribution in [3.8, 4) is 62.1 Å². The zero-order valence-corrected chi connectivity index (χ0v) is 30.2. The Balaban J connectivity index is 0.994. The van der Waals surface area contributed by atoms with Crippen LogP contribution >= 0.6 is 0 Å². The molecule has 0 atom stereocenters. The summed E-state index contributed by atoms with van der Waals surface area (Å²) in [5, 5.41) is 4.69. The maximum Gasteiger partial charge on any atom is 0.164 e. The van der Waals surface area contributed by atoms with Crippen LogP contribution in [-0.2, 0) is 0 Å². The molecule has 0 N–H and O–H groups in total. The van der Waals surface area contributed by atoms with Crippen LogP contribution in [0.3, 0.4) is 0 Å². The van der Waals surface area contributed by atoms with Crippen LogP contribution in [0.5, 0.6) is 0 Å². The fraction of sp³-hybridized carbons (Fsp3) is 0. The van der Waals surface area contributed by atoms with Gasteiger partial charge in [0.2, 0.25) is 0 Å². The van der Waals surface area contributed by atoms with Crippen LogP contribution in [0.25, 0.3) is 106 Å². The van der Waals surface area contributed by atoms with Crippen molar-refractivity contribution in [2.45, 2.75) is 0 Å². The lowest BCUT2D eigenvalue weighted by molar-refractivity contribution is 0.669. The summed E-state index contributed by atoms with van der Waals surface area (Å²) in [7, 11) is 0. The first kappa shape index (κ1) is 31.9. The number of furan rings is 1.